The van der Waals surface area contributed by atoms with E-state index in [0.29, 0.717) is 52.4 Å². The van der Waals surface area contributed by atoms with Crippen molar-refractivity contribution in [1.29, 1.82) is 0 Å². The molecule has 1 aliphatic rings. The summed E-state index contributed by atoms with van der Waals surface area (Å²) in [5, 5.41) is 14.0. The van der Waals surface area contributed by atoms with Crippen LogP contribution in [0.15, 0.2) is 0 Å². The van der Waals surface area contributed by atoms with Gasteiger partial charge in [-0.1, -0.05) is 0 Å². The molecule has 0 radical (unpaired) electrons. The van der Waals surface area contributed by atoms with Crippen molar-refractivity contribution in [3.8, 4) is 0 Å². The summed E-state index contributed by atoms with van der Waals surface area (Å²) < 4.78 is 43.4. The van der Waals surface area contributed by atoms with Gasteiger partial charge in [-0.2, -0.15) is 0 Å². The molecular weight excluding hydrogens is 576 g/mol. The monoisotopic (exact) mass is 622 g/mol. The summed E-state index contributed by atoms with van der Waals surface area (Å²) in [5.41, 5.74) is 0. The SMILES string of the molecule is CC(=O)N[C@@H]1[C@H](OCCCCC(=O)NCCOCCOCCOCCO)O[C@H](COC(C)=O)[C@H](OC(C)=O)[C@@H]1OC(C)=O. The van der Waals surface area contributed by atoms with Crippen molar-refractivity contribution in [2.24, 2.45) is 0 Å². The first-order valence-electron chi connectivity index (χ1n) is 14.2. The van der Waals surface area contributed by atoms with Crippen molar-refractivity contribution in [1.82, 2.24) is 10.6 Å². The highest BCUT2D eigenvalue weighted by atomic mass is 16.7. The maximum Gasteiger partial charge on any atom is 0.303 e. The second-order valence-electron chi connectivity index (χ2n) is 9.46. The predicted molar refractivity (Wildman–Crippen MR) is 146 cm³/mol. The molecule has 248 valence electrons. The van der Waals surface area contributed by atoms with Crippen molar-refractivity contribution in [3.63, 3.8) is 0 Å². The molecule has 5 atom stereocenters. The number of esters is 3. The Balaban J connectivity index is 2.53. The van der Waals surface area contributed by atoms with Gasteiger partial charge in [0.1, 0.15) is 18.8 Å². The maximum absolute atomic E-state index is 12.1. The molecule has 16 heteroatoms. The van der Waals surface area contributed by atoms with E-state index in [1.807, 2.05) is 0 Å². The lowest BCUT2D eigenvalue weighted by atomic mass is 9.96. The average molecular weight is 623 g/mol. The first-order chi connectivity index (χ1) is 20.5. The van der Waals surface area contributed by atoms with Crippen LogP contribution < -0.4 is 10.6 Å². The zero-order valence-corrected chi connectivity index (χ0v) is 25.3. The van der Waals surface area contributed by atoms with Gasteiger partial charge in [-0.05, 0) is 12.8 Å². The molecule has 0 unspecified atom stereocenters. The van der Waals surface area contributed by atoms with Crippen LogP contribution >= 0.6 is 0 Å². The van der Waals surface area contributed by atoms with E-state index >= 15 is 0 Å². The molecule has 0 saturated carbocycles. The molecule has 1 saturated heterocycles. The zero-order chi connectivity index (χ0) is 32.0. The molecule has 16 nitrogen and oxygen atoms in total. The van der Waals surface area contributed by atoms with E-state index in [2.05, 4.69) is 10.6 Å². The Morgan fingerprint density at radius 1 is 0.744 bits per heavy atom. The van der Waals surface area contributed by atoms with Gasteiger partial charge in [0.15, 0.2) is 18.5 Å². The largest absolute Gasteiger partial charge is 0.463 e. The molecule has 1 fully saturated rings. The van der Waals surface area contributed by atoms with Crippen LogP contribution in [0.25, 0.3) is 0 Å². The molecular formula is C27H46N2O14. The highest BCUT2D eigenvalue weighted by Crippen LogP contribution is 2.28. The molecule has 0 aromatic heterocycles. The summed E-state index contributed by atoms with van der Waals surface area (Å²) in [6.07, 6.45) is -3.43. The fourth-order valence-electron chi connectivity index (χ4n) is 3.98. The Kier molecular flexibility index (Phi) is 20.1. The number of aliphatic hydroxyl groups excluding tert-OH is 1. The number of rotatable bonds is 22. The number of aliphatic hydroxyl groups is 1. The van der Waals surface area contributed by atoms with E-state index in [0.717, 1.165) is 13.8 Å². The molecule has 0 spiro atoms. The molecule has 1 heterocycles. The van der Waals surface area contributed by atoms with Crippen molar-refractivity contribution >= 4 is 29.7 Å². The normalized spacial score (nSPS) is 21.5. The van der Waals surface area contributed by atoms with Gasteiger partial charge in [0.25, 0.3) is 0 Å². The van der Waals surface area contributed by atoms with Crippen molar-refractivity contribution in [2.45, 2.75) is 77.6 Å². The minimum absolute atomic E-state index is 0.0288. The second kappa shape index (κ2) is 22.6. The smallest absolute Gasteiger partial charge is 0.303 e. The average Bonchev–Trinajstić information content (AvgIpc) is 2.92. The fourth-order valence-corrected chi connectivity index (χ4v) is 3.98. The molecule has 1 aliphatic heterocycles. The van der Waals surface area contributed by atoms with E-state index in [4.69, 9.17) is 43.0 Å². The van der Waals surface area contributed by atoms with E-state index in [9.17, 15) is 24.0 Å². The lowest BCUT2D eigenvalue weighted by Gasteiger charge is -2.44. The van der Waals surface area contributed by atoms with Crippen LogP contribution in [0.1, 0.15) is 47.0 Å². The number of amides is 2. The number of carbonyl (C=O) groups excluding carboxylic acids is 5. The molecule has 0 aromatic carbocycles. The van der Waals surface area contributed by atoms with E-state index in [1.165, 1.54) is 13.8 Å². The number of hydrogen-bond acceptors (Lipinski definition) is 14. The Morgan fingerprint density at radius 2 is 1.35 bits per heavy atom. The third-order valence-corrected chi connectivity index (χ3v) is 5.70. The van der Waals surface area contributed by atoms with Gasteiger partial charge in [0.05, 0.1) is 46.2 Å². The van der Waals surface area contributed by atoms with Crippen LogP contribution in [-0.2, 0) is 61.9 Å². The van der Waals surface area contributed by atoms with Crippen molar-refractivity contribution in [2.75, 3.05) is 66.0 Å². The molecule has 0 bridgehead atoms. The van der Waals surface area contributed by atoms with Crippen molar-refractivity contribution in [3.05, 3.63) is 0 Å². The highest BCUT2D eigenvalue weighted by molar-refractivity contribution is 5.75. The van der Waals surface area contributed by atoms with E-state index in [-0.39, 0.29) is 38.8 Å². The quantitative estimate of drug-likeness (QED) is 0.0752. The standard InChI is InChI=1S/C27H46N2O14/c1-18(31)29-24-26(42-21(4)34)25(41-20(3)33)22(17-40-19(2)32)43-27(24)39-10-6-5-7-23(35)28-8-11-36-13-15-38-16-14-37-12-9-30/h22,24-27,30H,5-17H2,1-4H3,(H,28,35)(H,29,31)/t22-,24+,25+,26-,27-/m1/s1. The van der Waals surface area contributed by atoms with Crippen LogP contribution in [0.4, 0.5) is 0 Å². The number of nitrogens with one attached hydrogen (secondary N) is 2. The third kappa shape index (κ3) is 17.7. The van der Waals surface area contributed by atoms with Gasteiger partial charge < -0.3 is 53.6 Å². The zero-order valence-electron chi connectivity index (χ0n) is 25.3. The number of hydrogen-bond donors (Lipinski definition) is 3. The van der Waals surface area contributed by atoms with Gasteiger partial charge in [-0.3, -0.25) is 24.0 Å². The van der Waals surface area contributed by atoms with Crippen LogP contribution in [0, 0.1) is 0 Å². The highest BCUT2D eigenvalue weighted by Gasteiger charge is 2.51. The molecule has 1 rings (SSSR count). The van der Waals surface area contributed by atoms with E-state index < -0.39 is 54.5 Å². The molecule has 0 aromatic rings. The predicted octanol–water partition coefficient (Wildman–Crippen LogP) is -1.01. The number of unbranched alkanes of at least 4 members (excludes halogenated alkanes) is 1. The topological polar surface area (TPSA) is 203 Å². The summed E-state index contributed by atoms with van der Waals surface area (Å²) >= 11 is 0. The minimum Gasteiger partial charge on any atom is -0.463 e. The van der Waals surface area contributed by atoms with Gasteiger partial charge in [0.2, 0.25) is 11.8 Å². The molecule has 2 amide bonds. The fraction of sp³-hybridized carbons (Fsp3) is 0.815. The minimum atomic E-state index is -1.20. The maximum atomic E-state index is 12.1. The Hall–Kier alpha value is -2.89. The summed E-state index contributed by atoms with van der Waals surface area (Å²) in [5.74, 6) is -2.64. The number of ether oxygens (including phenoxy) is 8. The Labute approximate surface area is 251 Å². The van der Waals surface area contributed by atoms with Gasteiger partial charge in [0, 0.05) is 47.3 Å². The Morgan fingerprint density at radius 3 is 1.93 bits per heavy atom. The van der Waals surface area contributed by atoms with Gasteiger partial charge >= 0.3 is 17.9 Å². The molecule has 0 aliphatic carbocycles. The van der Waals surface area contributed by atoms with Crippen LogP contribution in [0.5, 0.6) is 0 Å². The summed E-state index contributed by atoms with van der Waals surface area (Å²) in [7, 11) is 0. The number of carbonyl (C=O) groups is 5. The van der Waals surface area contributed by atoms with Crippen LogP contribution in [0.3, 0.4) is 0 Å². The van der Waals surface area contributed by atoms with Crippen LogP contribution in [0.2, 0.25) is 0 Å². The molecule has 43 heavy (non-hydrogen) atoms. The Bertz CT molecular complexity index is 858. The first-order valence-corrected chi connectivity index (χ1v) is 14.2. The lowest BCUT2D eigenvalue weighted by Crippen LogP contribution is -2.66. The summed E-state index contributed by atoms with van der Waals surface area (Å²) in [4.78, 5) is 59.2. The second-order valence-corrected chi connectivity index (χ2v) is 9.46. The lowest BCUT2D eigenvalue weighted by molar-refractivity contribution is -0.277. The van der Waals surface area contributed by atoms with E-state index in [1.54, 1.807) is 0 Å². The van der Waals surface area contributed by atoms with Crippen molar-refractivity contribution < 1.29 is 67.0 Å². The van der Waals surface area contributed by atoms with Crippen LogP contribution in [-0.4, -0.2) is 131 Å². The summed E-state index contributed by atoms with van der Waals surface area (Å²) in [6.45, 7) is 7.04. The third-order valence-electron chi connectivity index (χ3n) is 5.70. The summed E-state index contributed by atoms with van der Waals surface area (Å²) in [6, 6.07) is -1.05. The first kappa shape index (κ1) is 38.1. The molecule has 3 N–H and O–H groups in total. The van der Waals surface area contributed by atoms with Gasteiger partial charge in [-0.25, -0.2) is 0 Å². The van der Waals surface area contributed by atoms with Gasteiger partial charge in [-0.15, -0.1) is 0 Å².